The molecule has 3 nitrogen and oxygen atoms in total. The summed E-state index contributed by atoms with van der Waals surface area (Å²) in [6.45, 7) is 6.72. The standard InChI is InChI=1S/C15H24N2O/c1-4-13(10-16)9-15(18)17-12(3)14-8-6-5-7-11(14)2/h5-8,12-13H,4,9-10,16H2,1-3H3,(H,17,18). The molecule has 1 aromatic carbocycles. The van der Waals surface area contributed by atoms with Gasteiger partial charge in [0, 0.05) is 6.42 Å². The third-order valence-electron chi connectivity index (χ3n) is 3.42. The van der Waals surface area contributed by atoms with Gasteiger partial charge in [-0.1, -0.05) is 37.6 Å². The number of hydrogen-bond donors (Lipinski definition) is 2. The largest absolute Gasteiger partial charge is 0.350 e. The number of amides is 1. The highest BCUT2D eigenvalue weighted by molar-refractivity contribution is 5.76. The van der Waals surface area contributed by atoms with E-state index in [-0.39, 0.29) is 17.9 Å². The lowest BCUT2D eigenvalue weighted by Gasteiger charge is -2.18. The lowest BCUT2D eigenvalue weighted by molar-refractivity contribution is -0.122. The van der Waals surface area contributed by atoms with Gasteiger partial charge in [-0.25, -0.2) is 0 Å². The summed E-state index contributed by atoms with van der Waals surface area (Å²) in [5.74, 6) is 0.372. The highest BCUT2D eigenvalue weighted by Crippen LogP contribution is 2.17. The molecule has 0 saturated carbocycles. The minimum absolute atomic E-state index is 0.0500. The van der Waals surface area contributed by atoms with Gasteiger partial charge in [0.15, 0.2) is 0 Å². The third kappa shape index (κ3) is 4.15. The first kappa shape index (κ1) is 14.7. The van der Waals surface area contributed by atoms with E-state index in [2.05, 4.69) is 31.3 Å². The molecule has 18 heavy (non-hydrogen) atoms. The molecule has 0 aliphatic carbocycles. The fraction of sp³-hybridized carbons (Fsp3) is 0.533. The van der Waals surface area contributed by atoms with Crippen molar-refractivity contribution < 1.29 is 4.79 Å². The van der Waals surface area contributed by atoms with Crippen molar-refractivity contribution in [1.29, 1.82) is 0 Å². The van der Waals surface area contributed by atoms with E-state index in [1.54, 1.807) is 0 Å². The third-order valence-corrected chi connectivity index (χ3v) is 3.42. The number of carbonyl (C=O) groups is 1. The Morgan fingerprint density at radius 2 is 2.06 bits per heavy atom. The molecular formula is C15H24N2O. The van der Waals surface area contributed by atoms with Crippen LogP contribution in [0.25, 0.3) is 0 Å². The van der Waals surface area contributed by atoms with Crippen LogP contribution < -0.4 is 11.1 Å². The Morgan fingerprint density at radius 1 is 1.39 bits per heavy atom. The van der Waals surface area contributed by atoms with Crippen LogP contribution in [0.3, 0.4) is 0 Å². The lowest BCUT2D eigenvalue weighted by atomic mass is 10.00. The average Bonchev–Trinajstić information content (AvgIpc) is 2.36. The van der Waals surface area contributed by atoms with Crippen molar-refractivity contribution in [2.24, 2.45) is 11.7 Å². The fourth-order valence-electron chi connectivity index (χ4n) is 2.11. The molecule has 0 aromatic heterocycles. The molecule has 100 valence electrons. The van der Waals surface area contributed by atoms with E-state index in [1.807, 2.05) is 19.1 Å². The molecule has 0 spiro atoms. The number of rotatable bonds is 6. The molecule has 2 unspecified atom stereocenters. The first-order chi connectivity index (χ1) is 8.58. The van der Waals surface area contributed by atoms with Crippen LogP contribution in [0.1, 0.15) is 43.9 Å². The van der Waals surface area contributed by atoms with Crippen LogP contribution in [0.4, 0.5) is 0 Å². The number of carbonyl (C=O) groups excluding carboxylic acids is 1. The zero-order valence-electron chi connectivity index (χ0n) is 11.6. The second kappa shape index (κ2) is 7.17. The summed E-state index contributed by atoms with van der Waals surface area (Å²) < 4.78 is 0. The van der Waals surface area contributed by atoms with Crippen molar-refractivity contribution >= 4 is 5.91 Å². The Balaban J connectivity index is 2.57. The minimum atomic E-state index is 0.0500. The van der Waals surface area contributed by atoms with Gasteiger partial charge in [-0.2, -0.15) is 0 Å². The van der Waals surface area contributed by atoms with Crippen LogP contribution in [-0.4, -0.2) is 12.5 Å². The van der Waals surface area contributed by atoms with Crippen LogP contribution in [0.2, 0.25) is 0 Å². The molecule has 0 saturated heterocycles. The molecule has 0 aliphatic rings. The van der Waals surface area contributed by atoms with Crippen LogP contribution in [0, 0.1) is 12.8 Å². The van der Waals surface area contributed by atoms with Gasteiger partial charge in [-0.05, 0) is 37.4 Å². The van der Waals surface area contributed by atoms with Crippen molar-refractivity contribution in [2.45, 2.75) is 39.7 Å². The Kier molecular flexibility index (Phi) is 5.86. The molecule has 1 aromatic rings. The second-order valence-electron chi connectivity index (χ2n) is 4.86. The van der Waals surface area contributed by atoms with E-state index >= 15 is 0 Å². The van der Waals surface area contributed by atoms with Crippen LogP contribution in [-0.2, 0) is 4.79 Å². The zero-order valence-corrected chi connectivity index (χ0v) is 11.6. The Hall–Kier alpha value is -1.35. The molecule has 0 bridgehead atoms. The summed E-state index contributed by atoms with van der Waals surface area (Å²) in [5.41, 5.74) is 8.00. The molecular weight excluding hydrogens is 224 g/mol. The molecule has 0 aliphatic heterocycles. The van der Waals surface area contributed by atoms with Crippen LogP contribution >= 0.6 is 0 Å². The lowest BCUT2D eigenvalue weighted by Crippen LogP contribution is -2.30. The fourth-order valence-corrected chi connectivity index (χ4v) is 2.11. The number of aryl methyl sites for hydroxylation is 1. The number of nitrogens with two attached hydrogens (primary N) is 1. The molecule has 2 atom stereocenters. The van der Waals surface area contributed by atoms with Crippen LogP contribution in [0.5, 0.6) is 0 Å². The molecule has 3 heteroatoms. The van der Waals surface area contributed by atoms with Gasteiger partial charge in [-0.3, -0.25) is 4.79 Å². The van der Waals surface area contributed by atoms with Gasteiger partial charge in [0.05, 0.1) is 6.04 Å². The van der Waals surface area contributed by atoms with E-state index in [4.69, 9.17) is 5.73 Å². The molecule has 0 fully saturated rings. The summed E-state index contributed by atoms with van der Waals surface area (Å²) in [6.07, 6.45) is 1.46. The van der Waals surface area contributed by atoms with Gasteiger partial charge in [0.25, 0.3) is 0 Å². The number of hydrogen-bond acceptors (Lipinski definition) is 2. The summed E-state index contributed by atoms with van der Waals surface area (Å²) in [4.78, 5) is 11.9. The predicted molar refractivity (Wildman–Crippen MR) is 75.2 cm³/mol. The van der Waals surface area contributed by atoms with Crippen molar-refractivity contribution in [2.75, 3.05) is 6.54 Å². The van der Waals surface area contributed by atoms with Crippen molar-refractivity contribution in [1.82, 2.24) is 5.32 Å². The normalized spacial score (nSPS) is 14.0. The molecule has 0 radical (unpaired) electrons. The SMILES string of the molecule is CCC(CN)CC(=O)NC(C)c1ccccc1C. The zero-order chi connectivity index (χ0) is 13.5. The van der Waals surface area contributed by atoms with Gasteiger partial charge in [0.1, 0.15) is 0 Å². The molecule has 0 heterocycles. The Morgan fingerprint density at radius 3 is 2.61 bits per heavy atom. The summed E-state index contributed by atoms with van der Waals surface area (Å²) >= 11 is 0. The average molecular weight is 248 g/mol. The molecule has 1 rings (SSSR count). The summed E-state index contributed by atoms with van der Waals surface area (Å²) in [6, 6.07) is 8.18. The second-order valence-corrected chi connectivity index (χ2v) is 4.86. The maximum Gasteiger partial charge on any atom is 0.220 e. The molecule has 1 amide bonds. The van der Waals surface area contributed by atoms with E-state index in [0.29, 0.717) is 13.0 Å². The van der Waals surface area contributed by atoms with Gasteiger partial charge >= 0.3 is 0 Å². The van der Waals surface area contributed by atoms with E-state index in [1.165, 1.54) is 11.1 Å². The van der Waals surface area contributed by atoms with E-state index in [9.17, 15) is 4.79 Å². The highest BCUT2D eigenvalue weighted by atomic mass is 16.1. The topological polar surface area (TPSA) is 55.1 Å². The van der Waals surface area contributed by atoms with Gasteiger partial charge < -0.3 is 11.1 Å². The van der Waals surface area contributed by atoms with Crippen LogP contribution in [0.15, 0.2) is 24.3 Å². The summed E-state index contributed by atoms with van der Waals surface area (Å²) in [7, 11) is 0. The maximum absolute atomic E-state index is 11.9. The van der Waals surface area contributed by atoms with Gasteiger partial charge in [-0.15, -0.1) is 0 Å². The summed E-state index contributed by atoms with van der Waals surface area (Å²) in [5, 5.41) is 3.04. The first-order valence-electron chi connectivity index (χ1n) is 6.63. The minimum Gasteiger partial charge on any atom is -0.350 e. The first-order valence-corrected chi connectivity index (χ1v) is 6.63. The maximum atomic E-state index is 11.9. The number of benzene rings is 1. The predicted octanol–water partition coefficient (Wildman–Crippen LogP) is 2.55. The van der Waals surface area contributed by atoms with Gasteiger partial charge in [0.2, 0.25) is 5.91 Å². The van der Waals surface area contributed by atoms with Crippen molar-refractivity contribution in [3.05, 3.63) is 35.4 Å². The van der Waals surface area contributed by atoms with E-state index in [0.717, 1.165) is 6.42 Å². The Bertz CT molecular complexity index is 386. The molecule has 3 N–H and O–H groups in total. The smallest absolute Gasteiger partial charge is 0.220 e. The van der Waals surface area contributed by atoms with Crippen molar-refractivity contribution in [3.8, 4) is 0 Å². The number of nitrogens with one attached hydrogen (secondary N) is 1. The highest BCUT2D eigenvalue weighted by Gasteiger charge is 2.14. The quantitative estimate of drug-likeness (QED) is 0.813. The Labute approximate surface area is 110 Å². The monoisotopic (exact) mass is 248 g/mol. The van der Waals surface area contributed by atoms with E-state index < -0.39 is 0 Å². The van der Waals surface area contributed by atoms with Crippen molar-refractivity contribution in [3.63, 3.8) is 0 Å².